The van der Waals surface area contributed by atoms with E-state index in [1.807, 2.05) is 31.2 Å². The zero-order valence-corrected chi connectivity index (χ0v) is 9.30. The number of ether oxygens (including phenoxy) is 1. The maximum absolute atomic E-state index is 5.65. The molecule has 1 aromatic carbocycles. The van der Waals surface area contributed by atoms with Gasteiger partial charge in [0.05, 0.1) is 7.11 Å². The molecular formula is C11H15NOS. The molecule has 1 aromatic rings. The monoisotopic (exact) mass is 209 g/mol. The number of allylic oxidation sites excluding steroid dienone is 1. The van der Waals surface area contributed by atoms with Crippen LogP contribution in [0, 0.1) is 0 Å². The number of benzene rings is 1. The SMILES string of the molecule is CC=CCSc1ccc(N)cc1OC. The average Bonchev–Trinajstić information content (AvgIpc) is 2.20. The van der Waals surface area contributed by atoms with Crippen LogP contribution in [0.25, 0.3) is 0 Å². The Bertz CT molecular complexity index is 323. The molecule has 3 heteroatoms. The summed E-state index contributed by atoms with van der Waals surface area (Å²) in [5.74, 6) is 1.80. The second kappa shape index (κ2) is 5.60. The Kier molecular flexibility index (Phi) is 4.40. The Labute approximate surface area is 89.1 Å². The average molecular weight is 209 g/mol. The Morgan fingerprint density at radius 2 is 2.29 bits per heavy atom. The number of rotatable bonds is 4. The van der Waals surface area contributed by atoms with Gasteiger partial charge in [0.15, 0.2) is 0 Å². The summed E-state index contributed by atoms with van der Waals surface area (Å²) in [6.45, 7) is 2.01. The normalized spacial score (nSPS) is 10.7. The smallest absolute Gasteiger partial charge is 0.134 e. The van der Waals surface area contributed by atoms with Gasteiger partial charge in [0.2, 0.25) is 0 Å². The summed E-state index contributed by atoms with van der Waals surface area (Å²) >= 11 is 1.74. The maximum atomic E-state index is 5.65. The molecule has 0 amide bonds. The minimum absolute atomic E-state index is 0.734. The quantitative estimate of drug-likeness (QED) is 0.470. The molecule has 76 valence electrons. The molecule has 0 radical (unpaired) electrons. The summed E-state index contributed by atoms with van der Waals surface area (Å²) in [5, 5.41) is 0. The second-order valence-electron chi connectivity index (χ2n) is 2.79. The van der Waals surface area contributed by atoms with E-state index in [0.717, 1.165) is 22.1 Å². The highest BCUT2D eigenvalue weighted by Crippen LogP contribution is 2.30. The van der Waals surface area contributed by atoms with Crippen molar-refractivity contribution < 1.29 is 4.74 Å². The fourth-order valence-electron chi connectivity index (χ4n) is 1.04. The lowest BCUT2D eigenvalue weighted by atomic mass is 10.3. The molecule has 0 aliphatic heterocycles. The van der Waals surface area contributed by atoms with Crippen molar-refractivity contribution in [2.24, 2.45) is 0 Å². The minimum Gasteiger partial charge on any atom is -0.496 e. The molecule has 0 bridgehead atoms. The molecular weight excluding hydrogens is 194 g/mol. The van der Waals surface area contributed by atoms with Crippen LogP contribution in [0.3, 0.4) is 0 Å². The third-order valence-electron chi connectivity index (χ3n) is 1.76. The molecule has 0 saturated carbocycles. The van der Waals surface area contributed by atoms with Crippen LogP contribution in [0.1, 0.15) is 6.92 Å². The highest BCUT2D eigenvalue weighted by atomic mass is 32.2. The van der Waals surface area contributed by atoms with Crippen molar-refractivity contribution in [3.63, 3.8) is 0 Å². The summed E-state index contributed by atoms with van der Waals surface area (Å²) in [7, 11) is 1.66. The summed E-state index contributed by atoms with van der Waals surface area (Å²) in [4.78, 5) is 1.12. The van der Waals surface area contributed by atoms with Crippen molar-refractivity contribution in [1.29, 1.82) is 0 Å². The standard InChI is InChI=1S/C11H15NOS/c1-3-4-7-14-11-6-5-9(12)8-10(11)13-2/h3-6,8H,7,12H2,1-2H3. The van der Waals surface area contributed by atoms with Gasteiger partial charge in [-0.25, -0.2) is 0 Å². The van der Waals surface area contributed by atoms with Crippen molar-refractivity contribution in [2.45, 2.75) is 11.8 Å². The molecule has 0 fully saturated rings. The van der Waals surface area contributed by atoms with E-state index in [1.54, 1.807) is 18.9 Å². The van der Waals surface area contributed by atoms with Crippen molar-refractivity contribution in [3.8, 4) is 5.75 Å². The predicted octanol–water partition coefficient (Wildman–Crippen LogP) is 2.95. The Morgan fingerprint density at radius 3 is 2.93 bits per heavy atom. The molecule has 2 N–H and O–H groups in total. The topological polar surface area (TPSA) is 35.2 Å². The van der Waals surface area contributed by atoms with Gasteiger partial charge in [0, 0.05) is 22.4 Å². The van der Waals surface area contributed by atoms with Crippen molar-refractivity contribution >= 4 is 17.4 Å². The second-order valence-corrected chi connectivity index (χ2v) is 3.85. The number of thioether (sulfide) groups is 1. The molecule has 0 aromatic heterocycles. The van der Waals surface area contributed by atoms with Crippen LogP contribution < -0.4 is 10.5 Å². The van der Waals surface area contributed by atoms with Gasteiger partial charge in [-0.1, -0.05) is 12.2 Å². The van der Waals surface area contributed by atoms with E-state index >= 15 is 0 Å². The van der Waals surface area contributed by atoms with Crippen LogP contribution in [0.5, 0.6) is 5.75 Å². The van der Waals surface area contributed by atoms with Crippen molar-refractivity contribution in [1.82, 2.24) is 0 Å². The molecule has 2 nitrogen and oxygen atoms in total. The fourth-order valence-corrected chi connectivity index (χ4v) is 1.95. The van der Waals surface area contributed by atoms with Gasteiger partial charge in [0.25, 0.3) is 0 Å². The van der Waals surface area contributed by atoms with Crippen LogP contribution >= 0.6 is 11.8 Å². The number of hydrogen-bond acceptors (Lipinski definition) is 3. The molecule has 0 aliphatic rings. The lowest BCUT2D eigenvalue weighted by molar-refractivity contribution is 0.405. The summed E-state index contributed by atoms with van der Waals surface area (Å²) in [6, 6.07) is 5.72. The Hall–Kier alpha value is -1.09. The zero-order valence-electron chi connectivity index (χ0n) is 8.49. The summed E-state index contributed by atoms with van der Waals surface area (Å²) in [6.07, 6.45) is 4.15. The molecule has 0 saturated heterocycles. The third-order valence-corrected chi connectivity index (χ3v) is 2.77. The number of methoxy groups -OCH3 is 1. The Balaban J connectivity index is 2.74. The Morgan fingerprint density at radius 1 is 1.50 bits per heavy atom. The minimum atomic E-state index is 0.734. The lowest BCUT2D eigenvalue weighted by Gasteiger charge is -2.07. The lowest BCUT2D eigenvalue weighted by Crippen LogP contribution is -1.90. The van der Waals surface area contributed by atoms with Crippen molar-refractivity contribution in [3.05, 3.63) is 30.4 Å². The van der Waals surface area contributed by atoms with E-state index in [-0.39, 0.29) is 0 Å². The van der Waals surface area contributed by atoms with Gasteiger partial charge in [-0.3, -0.25) is 0 Å². The van der Waals surface area contributed by atoms with E-state index in [2.05, 4.69) is 6.08 Å². The van der Waals surface area contributed by atoms with Crippen LogP contribution in [-0.2, 0) is 0 Å². The van der Waals surface area contributed by atoms with E-state index in [1.165, 1.54) is 0 Å². The third kappa shape index (κ3) is 3.00. The zero-order chi connectivity index (χ0) is 10.4. The largest absolute Gasteiger partial charge is 0.496 e. The number of anilines is 1. The van der Waals surface area contributed by atoms with E-state index in [0.29, 0.717) is 0 Å². The van der Waals surface area contributed by atoms with Crippen LogP contribution in [-0.4, -0.2) is 12.9 Å². The van der Waals surface area contributed by atoms with Gasteiger partial charge in [-0.05, 0) is 19.1 Å². The first-order valence-electron chi connectivity index (χ1n) is 4.45. The molecule has 0 atom stereocenters. The predicted molar refractivity (Wildman–Crippen MR) is 62.9 cm³/mol. The summed E-state index contributed by atoms with van der Waals surface area (Å²) < 4.78 is 5.23. The first kappa shape index (κ1) is 11.0. The number of nitrogen functional groups attached to an aromatic ring is 1. The number of nitrogens with two attached hydrogens (primary N) is 1. The maximum Gasteiger partial charge on any atom is 0.134 e. The van der Waals surface area contributed by atoms with E-state index < -0.39 is 0 Å². The van der Waals surface area contributed by atoms with Crippen LogP contribution in [0.15, 0.2) is 35.2 Å². The van der Waals surface area contributed by atoms with Crippen LogP contribution in [0.4, 0.5) is 5.69 Å². The highest BCUT2D eigenvalue weighted by molar-refractivity contribution is 7.99. The molecule has 0 spiro atoms. The summed E-state index contributed by atoms with van der Waals surface area (Å²) in [5.41, 5.74) is 6.39. The molecule has 1 rings (SSSR count). The first-order valence-corrected chi connectivity index (χ1v) is 5.44. The van der Waals surface area contributed by atoms with Gasteiger partial charge in [0.1, 0.15) is 5.75 Å². The molecule has 14 heavy (non-hydrogen) atoms. The first-order chi connectivity index (χ1) is 6.77. The van der Waals surface area contributed by atoms with Gasteiger partial charge < -0.3 is 10.5 Å². The fraction of sp³-hybridized carbons (Fsp3) is 0.273. The van der Waals surface area contributed by atoms with Crippen LogP contribution in [0.2, 0.25) is 0 Å². The molecule has 0 aliphatic carbocycles. The van der Waals surface area contributed by atoms with Gasteiger partial charge in [-0.15, -0.1) is 11.8 Å². The van der Waals surface area contributed by atoms with E-state index in [9.17, 15) is 0 Å². The highest BCUT2D eigenvalue weighted by Gasteiger charge is 2.02. The van der Waals surface area contributed by atoms with Gasteiger partial charge >= 0.3 is 0 Å². The van der Waals surface area contributed by atoms with Gasteiger partial charge in [-0.2, -0.15) is 0 Å². The van der Waals surface area contributed by atoms with E-state index in [4.69, 9.17) is 10.5 Å². The van der Waals surface area contributed by atoms with Crippen molar-refractivity contribution in [2.75, 3.05) is 18.6 Å². The number of hydrogen-bond donors (Lipinski definition) is 1. The molecule has 0 heterocycles. The molecule has 0 unspecified atom stereocenters.